The van der Waals surface area contributed by atoms with Gasteiger partial charge in [0.05, 0.1) is 13.1 Å². The third kappa shape index (κ3) is 5.36. The van der Waals surface area contributed by atoms with Crippen LogP contribution in [0.25, 0.3) is 0 Å². The van der Waals surface area contributed by atoms with Gasteiger partial charge in [0.25, 0.3) is 0 Å². The van der Waals surface area contributed by atoms with Gasteiger partial charge in [0, 0.05) is 12.2 Å². The van der Waals surface area contributed by atoms with Crippen LogP contribution in [-0.4, -0.2) is 35.8 Å². The summed E-state index contributed by atoms with van der Waals surface area (Å²) in [5, 5.41) is 1.92. The molecule has 0 radical (unpaired) electrons. The van der Waals surface area contributed by atoms with Gasteiger partial charge in [0.15, 0.2) is 0 Å². The van der Waals surface area contributed by atoms with E-state index in [0.29, 0.717) is 5.69 Å². The van der Waals surface area contributed by atoms with E-state index in [-0.39, 0.29) is 19.6 Å². The molecule has 0 heterocycles. The van der Waals surface area contributed by atoms with E-state index in [1.807, 2.05) is 5.32 Å². The molecule has 0 aliphatic carbocycles. The van der Waals surface area contributed by atoms with Gasteiger partial charge in [0.2, 0.25) is 11.8 Å². The Balaban J connectivity index is 2.74. The highest BCUT2D eigenvalue weighted by atomic mass is 16.2. The van der Waals surface area contributed by atoms with E-state index >= 15 is 0 Å². The predicted molar refractivity (Wildman–Crippen MR) is 73.1 cm³/mol. The van der Waals surface area contributed by atoms with E-state index in [1.54, 1.807) is 24.3 Å². The lowest BCUT2D eigenvalue weighted by atomic mass is 10.1. The zero-order valence-corrected chi connectivity index (χ0v) is 10.8. The number of carbonyl (C=O) groups excluding carboxylic acids is 3. The first-order chi connectivity index (χ1) is 9.38. The van der Waals surface area contributed by atoms with Crippen LogP contribution in [0.3, 0.4) is 0 Å². The minimum atomic E-state index is -0.951. The number of rotatable bonds is 6. The van der Waals surface area contributed by atoms with Crippen LogP contribution in [0.2, 0.25) is 0 Å². The van der Waals surface area contributed by atoms with Gasteiger partial charge in [-0.3, -0.25) is 19.8 Å². The van der Waals surface area contributed by atoms with Crippen LogP contribution in [-0.2, 0) is 16.1 Å². The zero-order valence-electron chi connectivity index (χ0n) is 10.8. The van der Waals surface area contributed by atoms with Crippen molar-refractivity contribution in [3.05, 3.63) is 29.8 Å². The van der Waals surface area contributed by atoms with Gasteiger partial charge in [-0.05, 0) is 11.6 Å². The van der Waals surface area contributed by atoms with Gasteiger partial charge in [0.1, 0.15) is 0 Å². The fourth-order valence-corrected chi connectivity index (χ4v) is 1.69. The minimum absolute atomic E-state index is 0.138. The van der Waals surface area contributed by atoms with E-state index < -0.39 is 17.8 Å². The molecule has 20 heavy (non-hydrogen) atoms. The van der Waals surface area contributed by atoms with Gasteiger partial charge < -0.3 is 17.2 Å². The number of anilines is 1. The molecule has 7 N–H and O–H groups in total. The lowest BCUT2D eigenvalue weighted by molar-refractivity contribution is -0.123. The first-order valence-electron chi connectivity index (χ1n) is 5.82. The van der Waals surface area contributed by atoms with Crippen LogP contribution in [0.5, 0.6) is 0 Å². The Bertz CT molecular complexity index is 518. The van der Waals surface area contributed by atoms with Gasteiger partial charge >= 0.3 is 6.03 Å². The molecule has 0 saturated heterocycles. The average Bonchev–Trinajstić information content (AvgIpc) is 2.29. The summed E-state index contributed by atoms with van der Waals surface area (Å²) >= 11 is 0. The smallest absolute Gasteiger partial charge is 0.318 e. The fraction of sp³-hybridized carbons (Fsp3) is 0.250. The van der Waals surface area contributed by atoms with Crippen molar-refractivity contribution >= 4 is 23.5 Å². The summed E-state index contributed by atoms with van der Waals surface area (Å²) in [6.07, 6.45) is 0. The molecule has 0 saturated carbocycles. The summed E-state index contributed by atoms with van der Waals surface area (Å²) in [7, 11) is 0. The van der Waals surface area contributed by atoms with E-state index in [2.05, 4.69) is 0 Å². The lowest BCUT2D eigenvalue weighted by Crippen LogP contribution is -2.44. The number of amides is 4. The van der Waals surface area contributed by atoms with Crippen molar-refractivity contribution in [2.45, 2.75) is 6.54 Å². The molecule has 0 unspecified atom stereocenters. The predicted octanol–water partition coefficient (Wildman–Crippen LogP) is -1.25. The highest BCUT2D eigenvalue weighted by Gasteiger charge is 2.15. The molecule has 0 aliphatic rings. The summed E-state index contributed by atoms with van der Waals surface area (Å²) in [5.41, 5.74) is 17.1. The number of para-hydroxylation sites is 1. The van der Waals surface area contributed by atoms with Crippen molar-refractivity contribution in [2.75, 3.05) is 18.8 Å². The Kier molecular flexibility index (Phi) is 5.48. The molecule has 4 amide bonds. The standard InChI is InChI=1S/C12H17N5O3/c13-9-4-2-1-3-8(9)5-17(6-10(14)18)7-11(19)16-12(15)20/h1-4H,5-7,13H2,(H2,14,18)(H3,15,16,19,20). The Morgan fingerprint density at radius 2 is 1.75 bits per heavy atom. The molecular formula is C12H17N5O3. The van der Waals surface area contributed by atoms with Gasteiger partial charge in [-0.2, -0.15) is 0 Å². The maximum absolute atomic E-state index is 11.5. The fourth-order valence-electron chi connectivity index (χ4n) is 1.69. The Labute approximate surface area is 115 Å². The zero-order chi connectivity index (χ0) is 15.1. The quantitative estimate of drug-likeness (QED) is 0.481. The first kappa shape index (κ1) is 15.4. The second-order valence-corrected chi connectivity index (χ2v) is 4.22. The summed E-state index contributed by atoms with van der Waals surface area (Å²) < 4.78 is 0. The number of nitrogens with one attached hydrogen (secondary N) is 1. The number of hydrogen-bond donors (Lipinski definition) is 4. The molecule has 1 aromatic rings. The van der Waals surface area contributed by atoms with Crippen molar-refractivity contribution in [3.63, 3.8) is 0 Å². The number of benzene rings is 1. The SMILES string of the molecule is NC(=O)CN(CC(=O)NC(N)=O)Cc1ccccc1N. The number of nitrogen functional groups attached to an aromatic ring is 1. The maximum Gasteiger partial charge on any atom is 0.318 e. The normalized spacial score (nSPS) is 10.2. The summed E-state index contributed by atoms with van der Waals surface area (Å²) in [5.74, 6) is -1.21. The highest BCUT2D eigenvalue weighted by molar-refractivity contribution is 5.94. The summed E-state index contributed by atoms with van der Waals surface area (Å²) in [6.45, 7) is -0.0808. The molecule has 0 atom stereocenters. The second-order valence-electron chi connectivity index (χ2n) is 4.22. The molecular weight excluding hydrogens is 262 g/mol. The Morgan fingerprint density at radius 1 is 1.10 bits per heavy atom. The van der Waals surface area contributed by atoms with Gasteiger partial charge in [-0.25, -0.2) is 4.79 Å². The van der Waals surface area contributed by atoms with Crippen molar-refractivity contribution in [1.82, 2.24) is 10.2 Å². The van der Waals surface area contributed by atoms with Crippen LogP contribution in [0, 0.1) is 0 Å². The number of primary amides is 2. The molecule has 0 bridgehead atoms. The number of nitrogens with zero attached hydrogens (tertiary/aromatic N) is 1. The lowest BCUT2D eigenvalue weighted by Gasteiger charge is -2.20. The number of hydrogen-bond acceptors (Lipinski definition) is 5. The van der Waals surface area contributed by atoms with Gasteiger partial charge in [-0.15, -0.1) is 0 Å². The molecule has 0 spiro atoms. The molecule has 0 aromatic heterocycles. The third-order valence-corrected chi connectivity index (χ3v) is 2.46. The molecule has 8 nitrogen and oxygen atoms in total. The van der Waals surface area contributed by atoms with Crippen molar-refractivity contribution in [2.24, 2.45) is 11.5 Å². The molecule has 1 rings (SSSR count). The van der Waals surface area contributed by atoms with E-state index in [1.165, 1.54) is 4.90 Å². The Hall–Kier alpha value is -2.61. The monoisotopic (exact) mass is 279 g/mol. The van der Waals surface area contributed by atoms with E-state index in [9.17, 15) is 14.4 Å². The number of carbonyl (C=O) groups is 3. The third-order valence-electron chi connectivity index (χ3n) is 2.46. The van der Waals surface area contributed by atoms with E-state index in [0.717, 1.165) is 5.56 Å². The molecule has 0 fully saturated rings. The topological polar surface area (TPSA) is 145 Å². The Morgan fingerprint density at radius 3 is 2.30 bits per heavy atom. The van der Waals surface area contributed by atoms with Crippen LogP contribution >= 0.6 is 0 Å². The molecule has 1 aromatic carbocycles. The largest absolute Gasteiger partial charge is 0.398 e. The van der Waals surface area contributed by atoms with Crippen LogP contribution in [0.4, 0.5) is 10.5 Å². The molecule has 0 aliphatic heterocycles. The van der Waals surface area contributed by atoms with Crippen molar-refractivity contribution in [1.29, 1.82) is 0 Å². The van der Waals surface area contributed by atoms with Crippen molar-refractivity contribution in [3.8, 4) is 0 Å². The van der Waals surface area contributed by atoms with Gasteiger partial charge in [-0.1, -0.05) is 18.2 Å². The summed E-state index contributed by atoms with van der Waals surface area (Å²) in [6, 6.07) is 6.10. The van der Waals surface area contributed by atoms with E-state index in [4.69, 9.17) is 17.2 Å². The van der Waals surface area contributed by atoms with Crippen molar-refractivity contribution < 1.29 is 14.4 Å². The highest BCUT2D eigenvalue weighted by Crippen LogP contribution is 2.13. The number of imide groups is 1. The van der Waals surface area contributed by atoms with Crippen LogP contribution < -0.4 is 22.5 Å². The van der Waals surface area contributed by atoms with Crippen LogP contribution in [0.15, 0.2) is 24.3 Å². The number of urea groups is 1. The maximum atomic E-state index is 11.5. The average molecular weight is 279 g/mol. The molecule has 108 valence electrons. The first-order valence-corrected chi connectivity index (χ1v) is 5.82. The summed E-state index contributed by atoms with van der Waals surface area (Å²) in [4.78, 5) is 34.5. The minimum Gasteiger partial charge on any atom is -0.398 e. The number of nitrogens with two attached hydrogens (primary N) is 3. The molecule has 8 heteroatoms. The second kappa shape index (κ2) is 7.10. The van der Waals surface area contributed by atoms with Crippen LogP contribution in [0.1, 0.15) is 5.56 Å².